The van der Waals surface area contributed by atoms with Gasteiger partial charge in [0.15, 0.2) is 0 Å². The molecule has 3 aromatic rings. The molecule has 0 aliphatic heterocycles. The molecule has 1 aromatic carbocycles. The highest BCUT2D eigenvalue weighted by molar-refractivity contribution is 6.03. The topological polar surface area (TPSA) is 45.8 Å². The van der Waals surface area contributed by atoms with E-state index in [1.165, 1.54) is 0 Å². The van der Waals surface area contributed by atoms with Crippen LogP contribution in [-0.2, 0) is 0 Å². The van der Waals surface area contributed by atoms with Crippen molar-refractivity contribution >= 4 is 21.8 Å². The molecular weight excluding hydrogens is 200 g/mol. The van der Waals surface area contributed by atoms with Crippen LogP contribution in [0.1, 0.15) is 5.56 Å². The predicted molar refractivity (Wildman–Crippen MR) is 64.6 cm³/mol. The molecule has 0 bridgehead atoms. The summed E-state index contributed by atoms with van der Waals surface area (Å²) in [6, 6.07) is 9.53. The van der Waals surface area contributed by atoms with Gasteiger partial charge in [0, 0.05) is 23.0 Å². The number of hydrogen-bond donors (Lipinski definition) is 1. The van der Waals surface area contributed by atoms with Crippen molar-refractivity contribution in [3.63, 3.8) is 0 Å². The molecule has 0 atom stereocenters. The van der Waals surface area contributed by atoms with Crippen molar-refractivity contribution in [2.24, 2.45) is 0 Å². The average Bonchev–Trinajstić information content (AvgIpc) is 2.28. The van der Waals surface area contributed by atoms with Gasteiger partial charge >= 0.3 is 0 Å². The number of nitrogens with zero attached hydrogens (tertiary/aromatic N) is 1. The van der Waals surface area contributed by atoms with Gasteiger partial charge in [0.05, 0.1) is 11.0 Å². The Morgan fingerprint density at radius 3 is 3.00 bits per heavy atom. The normalized spacial score (nSPS) is 11.1. The molecule has 16 heavy (non-hydrogen) atoms. The number of pyridine rings is 2. The fraction of sp³-hybridized carbons (Fsp3) is 0.0769. The minimum atomic E-state index is -0.0804. The van der Waals surface area contributed by atoms with E-state index in [0.717, 1.165) is 27.4 Å². The van der Waals surface area contributed by atoms with Gasteiger partial charge in [-0.1, -0.05) is 18.2 Å². The van der Waals surface area contributed by atoms with E-state index in [1.807, 2.05) is 31.2 Å². The molecule has 0 unspecified atom stereocenters. The molecular formula is C13H10N2O. The first-order valence-corrected chi connectivity index (χ1v) is 5.13. The van der Waals surface area contributed by atoms with Crippen LogP contribution in [0.15, 0.2) is 41.3 Å². The molecule has 0 radical (unpaired) electrons. The van der Waals surface area contributed by atoms with E-state index in [2.05, 4.69) is 9.97 Å². The quantitative estimate of drug-likeness (QED) is 0.579. The van der Waals surface area contributed by atoms with Crippen LogP contribution in [0.5, 0.6) is 0 Å². The highest BCUT2D eigenvalue weighted by Gasteiger charge is 2.04. The van der Waals surface area contributed by atoms with Gasteiger partial charge in [-0.3, -0.25) is 9.78 Å². The summed E-state index contributed by atoms with van der Waals surface area (Å²) < 4.78 is 0. The number of aromatic nitrogens is 2. The molecule has 78 valence electrons. The SMILES string of the molecule is Cc1cc(=O)[nH]c2c1ccc1cccnc12. The lowest BCUT2D eigenvalue weighted by Crippen LogP contribution is -2.05. The minimum Gasteiger partial charge on any atom is -0.320 e. The summed E-state index contributed by atoms with van der Waals surface area (Å²) in [6.07, 6.45) is 1.74. The van der Waals surface area contributed by atoms with E-state index in [4.69, 9.17) is 0 Å². The Bertz CT molecular complexity index is 744. The second-order valence-corrected chi connectivity index (χ2v) is 3.88. The van der Waals surface area contributed by atoms with E-state index >= 15 is 0 Å². The Balaban J connectivity index is 2.65. The zero-order chi connectivity index (χ0) is 11.1. The summed E-state index contributed by atoms with van der Waals surface area (Å²) >= 11 is 0. The van der Waals surface area contributed by atoms with E-state index in [1.54, 1.807) is 12.3 Å². The van der Waals surface area contributed by atoms with Crippen LogP contribution in [0.4, 0.5) is 0 Å². The molecule has 3 heteroatoms. The molecule has 0 spiro atoms. The Morgan fingerprint density at radius 1 is 1.25 bits per heavy atom. The van der Waals surface area contributed by atoms with Crippen molar-refractivity contribution < 1.29 is 0 Å². The van der Waals surface area contributed by atoms with Crippen LogP contribution < -0.4 is 5.56 Å². The zero-order valence-electron chi connectivity index (χ0n) is 8.82. The van der Waals surface area contributed by atoms with Gasteiger partial charge in [0.2, 0.25) is 5.56 Å². The van der Waals surface area contributed by atoms with Crippen LogP contribution >= 0.6 is 0 Å². The summed E-state index contributed by atoms with van der Waals surface area (Å²) in [5.41, 5.74) is 2.57. The maximum absolute atomic E-state index is 11.5. The molecule has 0 amide bonds. The number of rotatable bonds is 0. The van der Waals surface area contributed by atoms with Gasteiger partial charge in [0.25, 0.3) is 0 Å². The number of fused-ring (bicyclic) bond motifs is 3. The lowest BCUT2D eigenvalue weighted by molar-refractivity contribution is 1.27. The predicted octanol–water partition coefficient (Wildman–Crippen LogP) is 2.38. The van der Waals surface area contributed by atoms with Crippen molar-refractivity contribution in [2.75, 3.05) is 0 Å². The van der Waals surface area contributed by atoms with Crippen molar-refractivity contribution in [3.8, 4) is 0 Å². The monoisotopic (exact) mass is 210 g/mol. The summed E-state index contributed by atoms with van der Waals surface area (Å²) in [6.45, 7) is 1.94. The smallest absolute Gasteiger partial charge is 0.248 e. The summed E-state index contributed by atoms with van der Waals surface area (Å²) in [5.74, 6) is 0. The first-order valence-electron chi connectivity index (χ1n) is 5.13. The van der Waals surface area contributed by atoms with Gasteiger partial charge in [-0.25, -0.2) is 0 Å². The maximum atomic E-state index is 11.5. The summed E-state index contributed by atoms with van der Waals surface area (Å²) in [5, 5.41) is 2.09. The van der Waals surface area contributed by atoms with Crippen molar-refractivity contribution in [1.29, 1.82) is 0 Å². The van der Waals surface area contributed by atoms with Crippen LogP contribution in [0.3, 0.4) is 0 Å². The largest absolute Gasteiger partial charge is 0.320 e. The van der Waals surface area contributed by atoms with Gasteiger partial charge < -0.3 is 4.98 Å². The zero-order valence-corrected chi connectivity index (χ0v) is 8.82. The third-order valence-corrected chi connectivity index (χ3v) is 2.80. The average molecular weight is 210 g/mol. The second-order valence-electron chi connectivity index (χ2n) is 3.88. The summed E-state index contributed by atoms with van der Waals surface area (Å²) in [7, 11) is 0. The minimum absolute atomic E-state index is 0.0804. The molecule has 0 aliphatic rings. The molecule has 0 saturated heterocycles. The molecule has 2 heterocycles. The molecule has 2 aromatic heterocycles. The molecule has 0 saturated carbocycles. The Kier molecular flexibility index (Phi) is 1.80. The highest BCUT2D eigenvalue weighted by atomic mass is 16.1. The highest BCUT2D eigenvalue weighted by Crippen LogP contribution is 2.22. The van der Waals surface area contributed by atoms with Gasteiger partial charge in [-0.15, -0.1) is 0 Å². The number of hydrogen-bond acceptors (Lipinski definition) is 2. The van der Waals surface area contributed by atoms with Crippen LogP contribution in [0.2, 0.25) is 0 Å². The van der Waals surface area contributed by atoms with Crippen molar-refractivity contribution in [1.82, 2.24) is 9.97 Å². The second kappa shape index (κ2) is 3.17. The molecule has 0 aliphatic carbocycles. The molecule has 1 N–H and O–H groups in total. The van der Waals surface area contributed by atoms with Crippen LogP contribution in [0, 0.1) is 6.92 Å². The third-order valence-electron chi connectivity index (χ3n) is 2.80. The van der Waals surface area contributed by atoms with E-state index in [0.29, 0.717) is 0 Å². The standard InChI is InChI=1S/C13H10N2O/c1-8-7-11(16)15-13-10(8)5-4-9-3-2-6-14-12(9)13/h2-7H,1H3,(H,15,16). The van der Waals surface area contributed by atoms with Crippen molar-refractivity contribution in [2.45, 2.75) is 6.92 Å². The number of nitrogens with one attached hydrogen (secondary N) is 1. The van der Waals surface area contributed by atoms with Gasteiger partial charge in [0.1, 0.15) is 0 Å². The first kappa shape index (κ1) is 9.09. The van der Waals surface area contributed by atoms with Crippen molar-refractivity contribution in [3.05, 3.63) is 52.4 Å². The van der Waals surface area contributed by atoms with Gasteiger partial charge in [-0.2, -0.15) is 0 Å². The third kappa shape index (κ3) is 1.21. The van der Waals surface area contributed by atoms with Crippen LogP contribution in [-0.4, -0.2) is 9.97 Å². The fourth-order valence-corrected chi connectivity index (χ4v) is 2.03. The molecule has 3 rings (SSSR count). The lowest BCUT2D eigenvalue weighted by Gasteiger charge is -2.04. The van der Waals surface area contributed by atoms with Crippen LogP contribution in [0.25, 0.3) is 21.8 Å². The van der Waals surface area contributed by atoms with E-state index in [-0.39, 0.29) is 5.56 Å². The van der Waals surface area contributed by atoms with Gasteiger partial charge in [-0.05, 0) is 18.6 Å². The number of benzene rings is 1. The molecule has 0 fully saturated rings. The Labute approximate surface area is 91.8 Å². The summed E-state index contributed by atoms with van der Waals surface area (Å²) in [4.78, 5) is 18.6. The number of H-pyrrole nitrogens is 1. The Hall–Kier alpha value is -2.16. The first-order chi connectivity index (χ1) is 7.75. The lowest BCUT2D eigenvalue weighted by atomic mass is 10.1. The van der Waals surface area contributed by atoms with E-state index < -0.39 is 0 Å². The number of aromatic amines is 1. The maximum Gasteiger partial charge on any atom is 0.248 e. The van der Waals surface area contributed by atoms with E-state index in [9.17, 15) is 4.79 Å². The Morgan fingerprint density at radius 2 is 2.12 bits per heavy atom. The fourth-order valence-electron chi connectivity index (χ4n) is 2.03. The number of aryl methyl sites for hydroxylation is 1. The molecule has 3 nitrogen and oxygen atoms in total.